The first kappa shape index (κ1) is 18.7. The molecule has 2 N–H and O–H groups in total. The molecular formula is C14H34N4P2. The summed E-state index contributed by atoms with van der Waals surface area (Å²) in [5.74, 6) is 1.67. The van der Waals surface area contributed by atoms with E-state index in [-0.39, 0.29) is 0 Å². The average Bonchev–Trinajstić information content (AvgIpc) is 2.44. The van der Waals surface area contributed by atoms with Gasteiger partial charge in [-0.15, -0.1) is 0 Å². The van der Waals surface area contributed by atoms with Crippen LogP contribution < -0.4 is 10.6 Å². The first-order valence-corrected chi connectivity index (χ1v) is 8.85. The minimum atomic E-state index is 0.686. The quantitative estimate of drug-likeness (QED) is 0.753. The second-order valence-corrected chi connectivity index (χ2v) is 7.77. The molecule has 120 valence electrons. The number of likely N-dealkylation sites (N-methyl/N-ethyl adjacent to an activating group) is 2. The normalized spacial score (nSPS) is 36.3. The second-order valence-electron chi connectivity index (χ2n) is 6.31. The highest BCUT2D eigenvalue weighted by Gasteiger charge is 2.22. The molecule has 2 fully saturated rings. The van der Waals surface area contributed by atoms with Crippen molar-refractivity contribution in [3.05, 3.63) is 0 Å². The van der Waals surface area contributed by atoms with Crippen molar-refractivity contribution in [2.75, 3.05) is 40.3 Å². The van der Waals surface area contributed by atoms with Gasteiger partial charge in [-0.3, -0.25) is 9.34 Å². The van der Waals surface area contributed by atoms with E-state index in [4.69, 9.17) is 0 Å². The molecule has 0 aromatic heterocycles. The van der Waals surface area contributed by atoms with Crippen LogP contribution in [0.5, 0.6) is 0 Å². The van der Waals surface area contributed by atoms with Crippen LogP contribution in [0.15, 0.2) is 0 Å². The van der Waals surface area contributed by atoms with Crippen molar-refractivity contribution in [1.82, 2.24) is 20.0 Å². The molecule has 6 atom stereocenters. The van der Waals surface area contributed by atoms with Gasteiger partial charge in [0.25, 0.3) is 0 Å². The lowest BCUT2D eigenvalue weighted by atomic mass is 9.95. The lowest BCUT2D eigenvalue weighted by molar-refractivity contribution is 0.241. The molecule has 0 bridgehead atoms. The number of hydrogen-bond donors (Lipinski definition) is 2. The van der Waals surface area contributed by atoms with E-state index in [1.807, 2.05) is 14.1 Å². The highest BCUT2D eigenvalue weighted by molar-refractivity contribution is 7.13. The molecule has 2 aliphatic rings. The predicted octanol–water partition coefficient (Wildman–Crippen LogP) is 1.41. The van der Waals surface area contributed by atoms with Crippen molar-refractivity contribution in [2.45, 2.75) is 38.8 Å². The standard InChI is InChI=1S/2C7H17N2P/c2*1-6-3-4-9(10)5-7(6)8-2/h2*6-8H,3-5,10H2,1-2H3/t2*6-,7+/m11/s1. The summed E-state index contributed by atoms with van der Waals surface area (Å²) in [6, 6.07) is 1.37. The van der Waals surface area contributed by atoms with Crippen LogP contribution in [0.4, 0.5) is 0 Å². The molecule has 0 aromatic rings. The van der Waals surface area contributed by atoms with Crippen molar-refractivity contribution in [3.8, 4) is 0 Å². The van der Waals surface area contributed by atoms with Gasteiger partial charge in [0.2, 0.25) is 0 Å². The zero-order valence-corrected chi connectivity index (χ0v) is 15.9. The third-order valence-corrected chi connectivity index (χ3v) is 5.66. The number of nitrogens with one attached hydrogen (secondary N) is 2. The summed E-state index contributed by atoms with van der Waals surface area (Å²) in [5.41, 5.74) is 0. The summed E-state index contributed by atoms with van der Waals surface area (Å²) in [4.78, 5) is 0. The van der Waals surface area contributed by atoms with E-state index in [2.05, 4.69) is 52.6 Å². The Bertz CT molecular complexity index is 242. The highest BCUT2D eigenvalue weighted by atomic mass is 31.0. The monoisotopic (exact) mass is 320 g/mol. The molecule has 2 heterocycles. The van der Waals surface area contributed by atoms with Gasteiger partial charge in [-0.05, 0) is 38.8 Å². The zero-order chi connectivity index (χ0) is 15.1. The van der Waals surface area contributed by atoms with Gasteiger partial charge in [0.15, 0.2) is 0 Å². The van der Waals surface area contributed by atoms with E-state index >= 15 is 0 Å². The van der Waals surface area contributed by atoms with Gasteiger partial charge >= 0.3 is 0 Å². The molecule has 0 amide bonds. The van der Waals surface area contributed by atoms with Gasteiger partial charge in [0, 0.05) is 38.3 Å². The Labute approximate surface area is 130 Å². The van der Waals surface area contributed by atoms with Crippen molar-refractivity contribution in [3.63, 3.8) is 0 Å². The average molecular weight is 320 g/mol. The third-order valence-electron chi connectivity index (χ3n) is 4.72. The molecule has 2 aliphatic heterocycles. The number of nitrogens with zero attached hydrogens (tertiary/aromatic N) is 2. The maximum Gasteiger partial charge on any atom is 0.0221 e. The summed E-state index contributed by atoms with van der Waals surface area (Å²) in [6.07, 6.45) is 2.63. The number of hydrogen-bond acceptors (Lipinski definition) is 4. The van der Waals surface area contributed by atoms with Crippen LogP contribution in [-0.2, 0) is 0 Å². The Morgan fingerprint density at radius 1 is 0.800 bits per heavy atom. The molecule has 4 nitrogen and oxygen atoms in total. The minimum Gasteiger partial charge on any atom is -0.315 e. The maximum absolute atomic E-state index is 3.33. The molecular weight excluding hydrogens is 286 g/mol. The summed E-state index contributed by atoms with van der Waals surface area (Å²) < 4.78 is 4.61. The SMILES string of the molecule is CN[C@H]1CN(P)CC[C@H]1C.CN[C@H]1CN(P)CC[C@H]1C. The van der Waals surface area contributed by atoms with Gasteiger partial charge in [-0.2, -0.15) is 0 Å². The smallest absolute Gasteiger partial charge is 0.0221 e. The van der Waals surface area contributed by atoms with Gasteiger partial charge < -0.3 is 10.6 Å². The van der Waals surface area contributed by atoms with E-state index in [1.165, 1.54) is 39.0 Å². The molecule has 6 heteroatoms. The molecule has 0 saturated carbocycles. The van der Waals surface area contributed by atoms with Crippen LogP contribution in [0.25, 0.3) is 0 Å². The molecule has 2 saturated heterocycles. The van der Waals surface area contributed by atoms with Crippen LogP contribution in [0.3, 0.4) is 0 Å². The molecule has 0 spiro atoms. The second kappa shape index (κ2) is 9.66. The molecule has 0 aromatic carbocycles. The molecule has 20 heavy (non-hydrogen) atoms. The Kier molecular flexibility index (Phi) is 9.06. The van der Waals surface area contributed by atoms with E-state index in [0.29, 0.717) is 12.1 Å². The largest absolute Gasteiger partial charge is 0.315 e. The molecule has 0 radical (unpaired) electrons. The number of rotatable bonds is 2. The van der Waals surface area contributed by atoms with E-state index < -0.39 is 0 Å². The fraction of sp³-hybridized carbons (Fsp3) is 1.00. The number of piperidine rings is 2. The minimum absolute atomic E-state index is 0.686. The summed E-state index contributed by atoms with van der Waals surface area (Å²) in [6.45, 7) is 9.43. The van der Waals surface area contributed by atoms with Gasteiger partial charge in [0.05, 0.1) is 0 Å². The van der Waals surface area contributed by atoms with Crippen LogP contribution in [0.1, 0.15) is 26.7 Å². The first-order chi connectivity index (χ1) is 9.47. The summed E-state index contributed by atoms with van der Waals surface area (Å²) in [5, 5.41) is 6.66. The van der Waals surface area contributed by atoms with Gasteiger partial charge in [-0.25, -0.2) is 0 Å². The Balaban J connectivity index is 0.000000200. The van der Waals surface area contributed by atoms with Crippen molar-refractivity contribution in [1.29, 1.82) is 0 Å². The van der Waals surface area contributed by atoms with Crippen LogP contribution in [0.2, 0.25) is 0 Å². The topological polar surface area (TPSA) is 30.5 Å². The maximum atomic E-state index is 3.33. The Hall–Kier alpha value is 0.700. The fourth-order valence-corrected chi connectivity index (χ4v) is 3.69. The zero-order valence-electron chi connectivity index (χ0n) is 13.6. The lowest BCUT2D eigenvalue weighted by Gasteiger charge is -2.34. The molecule has 0 aliphatic carbocycles. The first-order valence-electron chi connectivity index (χ1n) is 7.81. The van der Waals surface area contributed by atoms with Gasteiger partial charge in [0.1, 0.15) is 0 Å². The highest BCUT2D eigenvalue weighted by Crippen LogP contribution is 2.19. The van der Waals surface area contributed by atoms with Crippen molar-refractivity contribution in [2.24, 2.45) is 11.8 Å². The molecule has 2 unspecified atom stereocenters. The van der Waals surface area contributed by atoms with Crippen LogP contribution in [-0.4, -0.2) is 61.7 Å². The fourth-order valence-electron chi connectivity index (χ4n) is 2.94. The van der Waals surface area contributed by atoms with Crippen molar-refractivity contribution >= 4 is 18.8 Å². The van der Waals surface area contributed by atoms with Crippen LogP contribution >= 0.6 is 18.8 Å². The van der Waals surface area contributed by atoms with Gasteiger partial charge in [-0.1, -0.05) is 32.6 Å². The Morgan fingerprint density at radius 2 is 1.15 bits per heavy atom. The van der Waals surface area contributed by atoms with Crippen LogP contribution in [0, 0.1) is 11.8 Å². The van der Waals surface area contributed by atoms with E-state index in [0.717, 1.165) is 11.8 Å². The van der Waals surface area contributed by atoms with E-state index in [1.54, 1.807) is 0 Å². The Morgan fingerprint density at radius 3 is 1.40 bits per heavy atom. The predicted molar refractivity (Wildman–Crippen MR) is 95.8 cm³/mol. The summed E-state index contributed by atoms with van der Waals surface area (Å²) >= 11 is 0. The third kappa shape index (κ3) is 6.22. The van der Waals surface area contributed by atoms with E-state index in [9.17, 15) is 0 Å². The van der Waals surface area contributed by atoms with Crippen molar-refractivity contribution < 1.29 is 0 Å². The molecule has 2 rings (SSSR count). The summed E-state index contributed by atoms with van der Waals surface area (Å²) in [7, 11) is 9.63. The lowest BCUT2D eigenvalue weighted by Crippen LogP contribution is -2.45.